The van der Waals surface area contributed by atoms with Crippen LogP contribution in [0, 0.1) is 0 Å². The summed E-state index contributed by atoms with van der Waals surface area (Å²) in [4.78, 5) is 22.9. The van der Waals surface area contributed by atoms with E-state index in [0.717, 1.165) is 25.7 Å². The van der Waals surface area contributed by atoms with Gasteiger partial charge in [-0.1, -0.05) is 31.9 Å². The topological polar surface area (TPSA) is 81.4 Å². The average molecular weight is 324 g/mol. The summed E-state index contributed by atoms with van der Waals surface area (Å²) in [5.74, 6) is -0.669. The first-order chi connectivity index (χ1) is 11.1. The number of rotatable bonds is 10. The van der Waals surface area contributed by atoms with Crippen LogP contribution in [0.4, 0.5) is 4.39 Å². The Morgan fingerprint density at radius 3 is 2.43 bits per heavy atom. The van der Waals surface area contributed by atoms with Crippen LogP contribution in [-0.2, 0) is 9.59 Å². The Morgan fingerprint density at radius 2 is 1.83 bits per heavy atom. The molecule has 0 heterocycles. The van der Waals surface area contributed by atoms with Gasteiger partial charge in [-0.3, -0.25) is 9.59 Å². The summed E-state index contributed by atoms with van der Waals surface area (Å²) in [6.45, 7) is 2.81. The Hall–Kier alpha value is -1.95. The summed E-state index contributed by atoms with van der Waals surface area (Å²) >= 11 is 0. The lowest BCUT2D eigenvalue weighted by atomic mass is 10.1. The average Bonchev–Trinajstić information content (AvgIpc) is 2.57. The minimum Gasteiger partial charge on any atom is -0.427 e. The maximum absolute atomic E-state index is 14.1. The molecule has 0 aliphatic heterocycles. The van der Waals surface area contributed by atoms with Crippen molar-refractivity contribution in [3.63, 3.8) is 0 Å². The molecule has 0 aliphatic rings. The molecule has 0 fully saturated rings. The summed E-state index contributed by atoms with van der Waals surface area (Å²) in [6.07, 6.45) is 2.30. The molecule has 5 nitrogen and oxygen atoms in total. The molecule has 1 amide bonds. The van der Waals surface area contributed by atoms with Crippen molar-refractivity contribution in [2.24, 2.45) is 5.73 Å². The van der Waals surface area contributed by atoms with Crippen LogP contribution in [0.5, 0.6) is 5.75 Å². The van der Waals surface area contributed by atoms with E-state index in [-0.39, 0.29) is 18.0 Å². The molecule has 0 unspecified atom stereocenters. The van der Waals surface area contributed by atoms with Crippen molar-refractivity contribution in [3.05, 3.63) is 29.8 Å². The lowest BCUT2D eigenvalue weighted by Crippen LogP contribution is -2.28. The number of esters is 1. The summed E-state index contributed by atoms with van der Waals surface area (Å²) in [7, 11) is 0. The number of amides is 1. The fourth-order valence-electron chi connectivity index (χ4n) is 1.98. The van der Waals surface area contributed by atoms with Crippen molar-refractivity contribution < 1.29 is 18.7 Å². The zero-order valence-electron chi connectivity index (χ0n) is 13.5. The van der Waals surface area contributed by atoms with Gasteiger partial charge in [-0.25, -0.2) is 4.39 Å². The number of halogens is 1. The summed E-state index contributed by atoms with van der Waals surface area (Å²) < 4.78 is 19.1. The molecular formula is C17H25FN2O3. The van der Waals surface area contributed by atoms with E-state index < -0.39 is 12.1 Å². The zero-order chi connectivity index (χ0) is 17.1. The Morgan fingerprint density at radius 1 is 1.17 bits per heavy atom. The van der Waals surface area contributed by atoms with Crippen LogP contribution in [0.15, 0.2) is 24.3 Å². The van der Waals surface area contributed by atoms with Crippen LogP contribution in [-0.4, -0.2) is 25.0 Å². The number of alkyl halides is 1. The Bertz CT molecular complexity index is 491. The highest BCUT2D eigenvalue weighted by molar-refractivity contribution is 5.82. The summed E-state index contributed by atoms with van der Waals surface area (Å²) in [5, 5.41) is 2.58. The fraction of sp³-hybridized carbons (Fsp3) is 0.529. The van der Waals surface area contributed by atoms with E-state index in [1.807, 2.05) is 0 Å². The van der Waals surface area contributed by atoms with Crippen molar-refractivity contribution in [1.29, 1.82) is 0 Å². The predicted molar refractivity (Wildman–Crippen MR) is 86.7 cm³/mol. The molecule has 3 N–H and O–H groups in total. The maximum Gasteiger partial charge on any atom is 0.310 e. The molecule has 1 aromatic rings. The van der Waals surface area contributed by atoms with Crippen LogP contribution >= 0.6 is 0 Å². The van der Waals surface area contributed by atoms with Gasteiger partial charge in [-0.05, 0) is 37.1 Å². The molecule has 1 aromatic carbocycles. The van der Waals surface area contributed by atoms with E-state index in [9.17, 15) is 14.0 Å². The quantitative estimate of drug-likeness (QED) is 0.394. The first-order valence-corrected chi connectivity index (χ1v) is 8.01. The lowest BCUT2D eigenvalue weighted by molar-refractivity contribution is -0.134. The zero-order valence-corrected chi connectivity index (χ0v) is 13.5. The van der Waals surface area contributed by atoms with Gasteiger partial charge in [0, 0.05) is 13.0 Å². The summed E-state index contributed by atoms with van der Waals surface area (Å²) in [6, 6.07) is 5.86. The predicted octanol–water partition coefficient (Wildman–Crippen LogP) is 2.65. The van der Waals surface area contributed by atoms with Gasteiger partial charge in [-0.2, -0.15) is 0 Å². The third kappa shape index (κ3) is 7.23. The van der Waals surface area contributed by atoms with Crippen molar-refractivity contribution in [2.45, 2.75) is 45.2 Å². The van der Waals surface area contributed by atoms with Gasteiger partial charge < -0.3 is 15.8 Å². The van der Waals surface area contributed by atoms with Crippen LogP contribution in [0.3, 0.4) is 0 Å². The SMILES string of the molecule is CCC(=O)Oc1ccc([C@@H](F)C(=O)NCCCCCCN)cc1. The van der Waals surface area contributed by atoms with Gasteiger partial charge in [0.2, 0.25) is 6.17 Å². The van der Waals surface area contributed by atoms with E-state index >= 15 is 0 Å². The number of hydrogen-bond acceptors (Lipinski definition) is 4. The van der Waals surface area contributed by atoms with E-state index in [2.05, 4.69) is 5.32 Å². The van der Waals surface area contributed by atoms with Gasteiger partial charge in [0.05, 0.1) is 0 Å². The molecule has 0 spiro atoms. The fourth-order valence-corrected chi connectivity index (χ4v) is 1.98. The first kappa shape index (κ1) is 19.1. The van der Waals surface area contributed by atoms with E-state index in [1.165, 1.54) is 24.3 Å². The molecule has 6 heteroatoms. The molecular weight excluding hydrogens is 299 g/mol. The molecule has 23 heavy (non-hydrogen) atoms. The van der Waals surface area contributed by atoms with Crippen LogP contribution in [0.2, 0.25) is 0 Å². The van der Waals surface area contributed by atoms with Gasteiger partial charge in [0.1, 0.15) is 5.75 Å². The van der Waals surface area contributed by atoms with Gasteiger partial charge in [0.25, 0.3) is 5.91 Å². The van der Waals surface area contributed by atoms with Crippen molar-refractivity contribution in [2.75, 3.05) is 13.1 Å². The highest BCUT2D eigenvalue weighted by atomic mass is 19.1. The number of carbonyl (C=O) groups is 2. The molecule has 0 aromatic heterocycles. The second kappa shape index (κ2) is 10.7. The van der Waals surface area contributed by atoms with E-state index in [1.54, 1.807) is 6.92 Å². The molecule has 0 aliphatic carbocycles. The van der Waals surface area contributed by atoms with Gasteiger partial charge in [0.15, 0.2) is 0 Å². The molecule has 0 saturated carbocycles. The largest absolute Gasteiger partial charge is 0.427 e. The Labute approximate surface area is 136 Å². The van der Waals surface area contributed by atoms with Crippen molar-refractivity contribution in [1.82, 2.24) is 5.32 Å². The Balaban J connectivity index is 2.39. The minimum atomic E-state index is -1.73. The highest BCUT2D eigenvalue weighted by Crippen LogP contribution is 2.21. The number of carbonyl (C=O) groups excluding carboxylic acids is 2. The number of benzene rings is 1. The van der Waals surface area contributed by atoms with Crippen LogP contribution in [0.25, 0.3) is 0 Å². The number of unbranched alkanes of at least 4 members (excludes halogenated alkanes) is 3. The van der Waals surface area contributed by atoms with Crippen molar-refractivity contribution >= 4 is 11.9 Å². The number of nitrogens with one attached hydrogen (secondary N) is 1. The Kier molecular flexibility index (Phi) is 8.90. The molecule has 1 atom stereocenters. The van der Waals surface area contributed by atoms with E-state index in [4.69, 9.17) is 10.5 Å². The molecule has 0 saturated heterocycles. The third-order valence-corrected chi connectivity index (χ3v) is 3.35. The molecule has 1 rings (SSSR count). The monoisotopic (exact) mass is 324 g/mol. The number of hydrogen-bond donors (Lipinski definition) is 2. The van der Waals surface area contributed by atoms with E-state index in [0.29, 0.717) is 18.8 Å². The van der Waals surface area contributed by atoms with Gasteiger partial charge >= 0.3 is 5.97 Å². The summed E-state index contributed by atoms with van der Waals surface area (Å²) in [5.41, 5.74) is 5.63. The molecule has 0 bridgehead atoms. The van der Waals surface area contributed by atoms with Crippen LogP contribution in [0.1, 0.15) is 50.8 Å². The number of ether oxygens (including phenoxy) is 1. The van der Waals surface area contributed by atoms with Crippen LogP contribution < -0.4 is 15.8 Å². The van der Waals surface area contributed by atoms with Crippen molar-refractivity contribution in [3.8, 4) is 5.75 Å². The van der Waals surface area contributed by atoms with Gasteiger partial charge in [-0.15, -0.1) is 0 Å². The lowest BCUT2D eigenvalue weighted by Gasteiger charge is -2.10. The molecule has 0 radical (unpaired) electrons. The highest BCUT2D eigenvalue weighted by Gasteiger charge is 2.19. The first-order valence-electron chi connectivity index (χ1n) is 8.01. The molecule has 128 valence electrons. The third-order valence-electron chi connectivity index (χ3n) is 3.35. The smallest absolute Gasteiger partial charge is 0.310 e. The minimum absolute atomic E-state index is 0.238. The second-order valence-electron chi connectivity index (χ2n) is 5.25. The standard InChI is InChI=1S/C17H25FN2O3/c1-2-15(21)23-14-9-7-13(8-10-14)16(18)17(22)20-12-6-4-3-5-11-19/h7-10,16H,2-6,11-12,19H2,1H3,(H,20,22)/t16-/m1/s1. The second-order valence-corrected chi connectivity index (χ2v) is 5.25. The maximum atomic E-state index is 14.1. The normalized spacial score (nSPS) is 11.8. The number of nitrogens with two attached hydrogens (primary N) is 1.